The predicted molar refractivity (Wildman–Crippen MR) is 88.2 cm³/mol. The number of hydrogen-bond donors (Lipinski definition) is 1. The minimum absolute atomic E-state index is 0.183. The van der Waals surface area contributed by atoms with Crippen LogP contribution < -0.4 is 5.32 Å². The van der Waals surface area contributed by atoms with Crippen LogP contribution in [0.2, 0.25) is 0 Å². The summed E-state index contributed by atoms with van der Waals surface area (Å²) in [6, 6.07) is 7.06. The topological polar surface area (TPSA) is 28.2 Å². The maximum absolute atomic E-state index is 13.9. The molecule has 1 aliphatic heterocycles. The Hall–Kier alpha value is -1.52. The highest BCUT2D eigenvalue weighted by Crippen LogP contribution is 2.24. The van der Waals surface area contributed by atoms with E-state index in [9.17, 15) is 4.39 Å². The molecular formula is C18H24FN3. The van der Waals surface area contributed by atoms with Crippen LogP contribution in [0, 0.1) is 11.7 Å². The van der Waals surface area contributed by atoms with Gasteiger partial charge in [-0.1, -0.05) is 6.07 Å². The molecule has 0 bridgehead atoms. The number of nitrogens with one attached hydrogen (secondary N) is 1. The Bertz CT molecular complexity index is 621. The van der Waals surface area contributed by atoms with Crippen molar-refractivity contribution in [1.29, 1.82) is 0 Å². The first kappa shape index (κ1) is 15.4. The van der Waals surface area contributed by atoms with Gasteiger partial charge in [-0.25, -0.2) is 4.39 Å². The number of benzene rings is 1. The second-order valence-corrected chi connectivity index (χ2v) is 6.22. The number of halogens is 1. The molecule has 1 aromatic carbocycles. The van der Waals surface area contributed by atoms with Gasteiger partial charge in [0.15, 0.2) is 0 Å². The maximum atomic E-state index is 13.9. The molecule has 118 valence electrons. The summed E-state index contributed by atoms with van der Waals surface area (Å²) < 4.78 is 13.9. The Labute approximate surface area is 131 Å². The van der Waals surface area contributed by atoms with Crippen LogP contribution >= 0.6 is 0 Å². The Kier molecular flexibility index (Phi) is 5.01. The fraction of sp³-hybridized carbons (Fsp3) is 0.500. The third kappa shape index (κ3) is 3.45. The van der Waals surface area contributed by atoms with Crippen LogP contribution in [-0.4, -0.2) is 36.6 Å². The zero-order valence-corrected chi connectivity index (χ0v) is 13.2. The SMILES string of the molecule is CNCCC1CCN(Cc2ccc(F)c3cccnc23)CC1. The van der Waals surface area contributed by atoms with Crippen molar-refractivity contribution in [2.45, 2.75) is 25.8 Å². The molecule has 0 aliphatic carbocycles. The van der Waals surface area contributed by atoms with Crippen LogP contribution in [0.4, 0.5) is 4.39 Å². The summed E-state index contributed by atoms with van der Waals surface area (Å²) in [5, 5.41) is 3.86. The number of hydrogen-bond acceptors (Lipinski definition) is 3. The van der Waals surface area contributed by atoms with Crippen molar-refractivity contribution in [2.24, 2.45) is 5.92 Å². The smallest absolute Gasteiger partial charge is 0.132 e. The average Bonchev–Trinajstić information content (AvgIpc) is 2.57. The van der Waals surface area contributed by atoms with Crippen LogP contribution in [0.3, 0.4) is 0 Å². The minimum Gasteiger partial charge on any atom is -0.320 e. The number of likely N-dealkylation sites (tertiary alicyclic amines) is 1. The van der Waals surface area contributed by atoms with Crippen molar-refractivity contribution in [3.63, 3.8) is 0 Å². The van der Waals surface area contributed by atoms with Crippen molar-refractivity contribution in [3.05, 3.63) is 41.8 Å². The zero-order chi connectivity index (χ0) is 15.4. The molecule has 2 heterocycles. The van der Waals surface area contributed by atoms with Crippen LogP contribution in [-0.2, 0) is 6.54 Å². The quantitative estimate of drug-likeness (QED) is 0.919. The molecule has 4 heteroatoms. The minimum atomic E-state index is -0.183. The standard InChI is InChI=1S/C18H24FN3/c1-20-10-6-14-7-11-22(12-8-14)13-15-4-5-17(19)16-3-2-9-21-18(15)16/h2-5,9,14,20H,6-8,10-13H2,1H3. The van der Waals surface area contributed by atoms with Gasteiger partial charge in [0.2, 0.25) is 0 Å². The monoisotopic (exact) mass is 301 g/mol. The van der Waals surface area contributed by atoms with Crippen LogP contribution in [0.5, 0.6) is 0 Å². The molecule has 0 radical (unpaired) electrons. The molecule has 0 spiro atoms. The summed E-state index contributed by atoms with van der Waals surface area (Å²) >= 11 is 0. The number of rotatable bonds is 5. The molecule has 3 nitrogen and oxygen atoms in total. The first-order valence-corrected chi connectivity index (χ1v) is 8.17. The van der Waals surface area contributed by atoms with E-state index in [4.69, 9.17) is 0 Å². The summed E-state index contributed by atoms with van der Waals surface area (Å²) in [4.78, 5) is 6.86. The Balaban J connectivity index is 1.66. The summed E-state index contributed by atoms with van der Waals surface area (Å²) in [6.45, 7) is 4.23. The van der Waals surface area contributed by atoms with E-state index in [1.807, 2.05) is 19.2 Å². The van der Waals surface area contributed by atoms with Gasteiger partial charge >= 0.3 is 0 Å². The predicted octanol–water partition coefficient (Wildman–Crippen LogP) is 3.20. The molecule has 1 aromatic heterocycles. The summed E-state index contributed by atoms with van der Waals surface area (Å²) in [5.74, 6) is 0.657. The first-order chi connectivity index (χ1) is 10.8. The van der Waals surface area contributed by atoms with E-state index >= 15 is 0 Å². The number of pyridine rings is 1. The maximum Gasteiger partial charge on any atom is 0.132 e. The van der Waals surface area contributed by atoms with E-state index in [0.29, 0.717) is 5.39 Å². The third-order valence-corrected chi connectivity index (χ3v) is 4.70. The molecule has 0 unspecified atom stereocenters. The van der Waals surface area contributed by atoms with Crippen molar-refractivity contribution in [3.8, 4) is 0 Å². The van der Waals surface area contributed by atoms with Gasteiger partial charge < -0.3 is 5.32 Å². The highest BCUT2D eigenvalue weighted by Gasteiger charge is 2.19. The zero-order valence-electron chi connectivity index (χ0n) is 13.2. The normalized spacial score (nSPS) is 17.2. The molecule has 2 aromatic rings. The molecule has 1 saturated heterocycles. The van der Waals surface area contributed by atoms with E-state index in [1.54, 1.807) is 18.3 Å². The molecule has 0 amide bonds. The molecule has 1 fully saturated rings. The van der Waals surface area contributed by atoms with Gasteiger partial charge in [-0.15, -0.1) is 0 Å². The van der Waals surface area contributed by atoms with E-state index in [2.05, 4.69) is 15.2 Å². The lowest BCUT2D eigenvalue weighted by molar-refractivity contribution is 0.173. The fourth-order valence-electron chi connectivity index (χ4n) is 3.35. The lowest BCUT2D eigenvalue weighted by Gasteiger charge is -2.32. The van der Waals surface area contributed by atoms with Crippen molar-refractivity contribution in [1.82, 2.24) is 15.2 Å². The first-order valence-electron chi connectivity index (χ1n) is 8.17. The number of piperidine rings is 1. The average molecular weight is 301 g/mol. The number of nitrogens with zero attached hydrogens (tertiary/aromatic N) is 2. The highest BCUT2D eigenvalue weighted by atomic mass is 19.1. The van der Waals surface area contributed by atoms with Crippen molar-refractivity contribution < 1.29 is 4.39 Å². The molecule has 3 rings (SSSR count). The number of fused-ring (bicyclic) bond motifs is 1. The fourth-order valence-corrected chi connectivity index (χ4v) is 3.35. The summed E-state index contributed by atoms with van der Waals surface area (Å²) in [5.41, 5.74) is 1.94. The third-order valence-electron chi connectivity index (χ3n) is 4.70. The van der Waals surface area contributed by atoms with Gasteiger partial charge in [-0.2, -0.15) is 0 Å². The Morgan fingerprint density at radius 3 is 2.86 bits per heavy atom. The molecule has 22 heavy (non-hydrogen) atoms. The van der Waals surface area contributed by atoms with E-state index in [1.165, 1.54) is 19.3 Å². The molecule has 1 aliphatic rings. The lowest BCUT2D eigenvalue weighted by atomic mass is 9.93. The van der Waals surface area contributed by atoms with Gasteiger partial charge in [-0.05, 0) is 75.6 Å². The summed E-state index contributed by atoms with van der Waals surface area (Å²) in [6.07, 6.45) is 5.53. The van der Waals surface area contributed by atoms with Crippen LogP contribution in [0.1, 0.15) is 24.8 Å². The van der Waals surface area contributed by atoms with Crippen LogP contribution in [0.25, 0.3) is 10.9 Å². The number of aromatic nitrogens is 1. The second-order valence-electron chi connectivity index (χ2n) is 6.22. The Morgan fingerprint density at radius 2 is 2.09 bits per heavy atom. The molecule has 1 N–H and O–H groups in total. The van der Waals surface area contributed by atoms with E-state index in [0.717, 1.165) is 43.2 Å². The van der Waals surface area contributed by atoms with Gasteiger partial charge in [0.1, 0.15) is 5.82 Å². The highest BCUT2D eigenvalue weighted by molar-refractivity contribution is 5.82. The van der Waals surface area contributed by atoms with Crippen molar-refractivity contribution >= 4 is 10.9 Å². The van der Waals surface area contributed by atoms with Gasteiger partial charge in [0.05, 0.1) is 5.52 Å². The second kappa shape index (κ2) is 7.16. The molecule has 0 saturated carbocycles. The van der Waals surface area contributed by atoms with Gasteiger partial charge in [0, 0.05) is 18.1 Å². The van der Waals surface area contributed by atoms with E-state index in [-0.39, 0.29) is 5.82 Å². The van der Waals surface area contributed by atoms with E-state index < -0.39 is 0 Å². The van der Waals surface area contributed by atoms with Gasteiger partial charge in [-0.3, -0.25) is 9.88 Å². The Morgan fingerprint density at radius 1 is 1.27 bits per heavy atom. The van der Waals surface area contributed by atoms with Crippen molar-refractivity contribution in [2.75, 3.05) is 26.7 Å². The summed E-state index contributed by atoms with van der Waals surface area (Å²) in [7, 11) is 2.02. The largest absolute Gasteiger partial charge is 0.320 e. The molecule has 0 atom stereocenters. The van der Waals surface area contributed by atoms with Gasteiger partial charge in [0.25, 0.3) is 0 Å². The molecular weight excluding hydrogens is 277 g/mol. The van der Waals surface area contributed by atoms with Crippen LogP contribution in [0.15, 0.2) is 30.5 Å². The lowest BCUT2D eigenvalue weighted by Crippen LogP contribution is -2.34.